The van der Waals surface area contributed by atoms with E-state index in [1.807, 2.05) is 31.2 Å². The van der Waals surface area contributed by atoms with Gasteiger partial charge in [0.25, 0.3) is 0 Å². The molecule has 6 heteroatoms. The number of carbonyl (C=O) groups excluding carboxylic acids is 1. The van der Waals surface area contributed by atoms with Gasteiger partial charge in [0.2, 0.25) is 10.0 Å². The Kier molecular flexibility index (Phi) is 5.74. The van der Waals surface area contributed by atoms with Gasteiger partial charge in [-0.25, -0.2) is 8.42 Å². The number of hydrogen-bond acceptors (Lipinski definition) is 4. The van der Waals surface area contributed by atoms with Crippen molar-refractivity contribution in [3.05, 3.63) is 65.7 Å². The van der Waals surface area contributed by atoms with Crippen LogP contribution in [-0.4, -0.2) is 31.3 Å². The number of rotatable bonds is 5. The van der Waals surface area contributed by atoms with Crippen LogP contribution in [-0.2, 0) is 26.2 Å². The van der Waals surface area contributed by atoms with Gasteiger partial charge >= 0.3 is 5.97 Å². The maximum absolute atomic E-state index is 12.9. The molecule has 1 heterocycles. The number of ether oxygens (including phenoxy) is 1. The molecule has 0 aliphatic carbocycles. The van der Waals surface area contributed by atoms with Crippen molar-refractivity contribution in [2.75, 3.05) is 6.54 Å². The normalized spacial score (nSPS) is 18.4. The van der Waals surface area contributed by atoms with E-state index in [4.69, 9.17) is 4.74 Å². The lowest BCUT2D eigenvalue weighted by molar-refractivity contribution is -0.150. The number of nitrogens with zero attached hydrogens (tertiary/aromatic N) is 1. The molecule has 0 bridgehead atoms. The van der Waals surface area contributed by atoms with Gasteiger partial charge < -0.3 is 4.74 Å². The van der Waals surface area contributed by atoms with E-state index in [1.165, 1.54) is 4.31 Å². The van der Waals surface area contributed by atoms with Crippen LogP contribution in [0.2, 0.25) is 0 Å². The number of aryl methyl sites for hydroxylation is 1. The third kappa shape index (κ3) is 3.97. The Morgan fingerprint density at radius 1 is 1.08 bits per heavy atom. The molecule has 0 aromatic heterocycles. The number of hydrogen-bond donors (Lipinski definition) is 0. The van der Waals surface area contributed by atoms with Crippen LogP contribution in [0.4, 0.5) is 0 Å². The first-order valence-electron chi connectivity index (χ1n) is 8.78. The lowest BCUT2D eigenvalue weighted by atomic mass is 10.1. The Bertz CT molecular complexity index is 864. The lowest BCUT2D eigenvalue weighted by Gasteiger charge is -2.33. The smallest absolute Gasteiger partial charge is 0.324 e. The quantitative estimate of drug-likeness (QED) is 0.755. The maximum Gasteiger partial charge on any atom is 0.324 e. The summed E-state index contributed by atoms with van der Waals surface area (Å²) in [4.78, 5) is 12.8. The third-order valence-corrected chi connectivity index (χ3v) is 6.63. The lowest BCUT2D eigenvalue weighted by Crippen LogP contribution is -2.48. The van der Waals surface area contributed by atoms with E-state index < -0.39 is 22.0 Å². The SMILES string of the molecule is Cc1ccccc1COC(=O)[C@H]1CCCCN1S(=O)(=O)c1ccccc1. The van der Waals surface area contributed by atoms with E-state index in [0.717, 1.165) is 24.0 Å². The first-order valence-corrected chi connectivity index (χ1v) is 10.2. The fourth-order valence-electron chi connectivity index (χ4n) is 3.17. The van der Waals surface area contributed by atoms with Crippen LogP contribution in [0, 0.1) is 6.92 Å². The fraction of sp³-hybridized carbons (Fsp3) is 0.350. The fourth-order valence-corrected chi connectivity index (χ4v) is 4.84. The minimum Gasteiger partial charge on any atom is -0.460 e. The second kappa shape index (κ2) is 8.01. The second-order valence-corrected chi connectivity index (χ2v) is 8.37. The average Bonchev–Trinajstić information content (AvgIpc) is 2.68. The second-order valence-electron chi connectivity index (χ2n) is 6.47. The summed E-state index contributed by atoms with van der Waals surface area (Å²) < 4.78 is 32.7. The largest absolute Gasteiger partial charge is 0.460 e. The summed E-state index contributed by atoms with van der Waals surface area (Å²) in [5, 5.41) is 0. The van der Waals surface area contributed by atoms with Gasteiger partial charge in [-0.15, -0.1) is 0 Å². The van der Waals surface area contributed by atoms with Crippen LogP contribution in [0.15, 0.2) is 59.5 Å². The van der Waals surface area contributed by atoms with Crippen LogP contribution >= 0.6 is 0 Å². The van der Waals surface area contributed by atoms with Crippen molar-refractivity contribution in [3.63, 3.8) is 0 Å². The minimum atomic E-state index is -3.71. The van der Waals surface area contributed by atoms with Crippen LogP contribution in [0.1, 0.15) is 30.4 Å². The Hall–Kier alpha value is -2.18. The number of sulfonamides is 1. The molecular weight excluding hydrogens is 350 g/mol. The van der Waals surface area contributed by atoms with E-state index >= 15 is 0 Å². The first-order chi connectivity index (χ1) is 12.5. The first kappa shape index (κ1) is 18.6. The van der Waals surface area contributed by atoms with E-state index in [0.29, 0.717) is 13.0 Å². The Morgan fingerprint density at radius 2 is 1.77 bits per heavy atom. The molecule has 1 atom stereocenters. The molecular formula is C20H23NO4S. The van der Waals surface area contributed by atoms with Gasteiger partial charge in [-0.1, -0.05) is 42.5 Å². The predicted octanol–water partition coefficient (Wildman–Crippen LogP) is 3.28. The molecule has 138 valence electrons. The highest BCUT2D eigenvalue weighted by atomic mass is 32.2. The van der Waals surface area contributed by atoms with E-state index in [-0.39, 0.29) is 11.5 Å². The molecule has 1 saturated heterocycles. The molecule has 5 nitrogen and oxygen atoms in total. The number of carbonyl (C=O) groups is 1. The average molecular weight is 373 g/mol. The maximum atomic E-state index is 12.9. The van der Waals surface area contributed by atoms with E-state index in [1.54, 1.807) is 30.3 Å². The Balaban J connectivity index is 1.76. The molecule has 2 aromatic carbocycles. The van der Waals surface area contributed by atoms with Gasteiger partial charge in [0, 0.05) is 6.54 Å². The molecule has 3 rings (SSSR count). The number of benzene rings is 2. The molecule has 26 heavy (non-hydrogen) atoms. The standard InChI is InChI=1S/C20H23NO4S/c1-16-9-5-6-10-17(16)15-25-20(22)19-13-7-8-14-21(19)26(23,24)18-11-3-2-4-12-18/h2-6,9-12,19H,7-8,13-15H2,1H3/t19-/m1/s1. The molecule has 0 radical (unpaired) electrons. The number of esters is 1. The highest BCUT2D eigenvalue weighted by Crippen LogP contribution is 2.26. The summed E-state index contributed by atoms with van der Waals surface area (Å²) in [6, 6.07) is 15.2. The Morgan fingerprint density at radius 3 is 2.50 bits per heavy atom. The Labute approximate surface area is 154 Å². The highest BCUT2D eigenvalue weighted by Gasteiger charge is 2.38. The van der Waals surface area contributed by atoms with Crippen LogP contribution in [0.5, 0.6) is 0 Å². The summed E-state index contributed by atoms with van der Waals surface area (Å²) in [5.74, 6) is -0.479. The van der Waals surface area contributed by atoms with Crippen molar-refractivity contribution >= 4 is 16.0 Å². The van der Waals surface area contributed by atoms with Crippen LogP contribution in [0.3, 0.4) is 0 Å². The molecule has 0 unspecified atom stereocenters. The van der Waals surface area contributed by atoms with Gasteiger partial charge in [-0.3, -0.25) is 4.79 Å². The molecule has 0 spiro atoms. The topological polar surface area (TPSA) is 63.7 Å². The molecule has 0 saturated carbocycles. The zero-order valence-corrected chi connectivity index (χ0v) is 15.6. The van der Waals surface area contributed by atoms with Crippen molar-refractivity contribution in [1.82, 2.24) is 4.31 Å². The summed E-state index contributed by atoms with van der Waals surface area (Å²) >= 11 is 0. The van der Waals surface area contributed by atoms with Gasteiger partial charge in [-0.2, -0.15) is 4.31 Å². The van der Waals surface area contributed by atoms with E-state index in [2.05, 4.69) is 0 Å². The zero-order valence-electron chi connectivity index (χ0n) is 14.8. The number of piperidine rings is 1. The molecule has 0 N–H and O–H groups in total. The summed E-state index contributed by atoms with van der Waals surface area (Å²) in [5.41, 5.74) is 1.96. The third-order valence-electron chi connectivity index (χ3n) is 4.71. The van der Waals surface area contributed by atoms with Gasteiger partial charge in [0.1, 0.15) is 12.6 Å². The predicted molar refractivity (Wildman–Crippen MR) is 98.9 cm³/mol. The monoisotopic (exact) mass is 373 g/mol. The van der Waals surface area contributed by atoms with Gasteiger partial charge in [0.15, 0.2) is 0 Å². The van der Waals surface area contributed by atoms with Crippen molar-refractivity contribution in [1.29, 1.82) is 0 Å². The van der Waals surface area contributed by atoms with Crippen molar-refractivity contribution < 1.29 is 17.9 Å². The van der Waals surface area contributed by atoms with Crippen LogP contribution in [0.25, 0.3) is 0 Å². The van der Waals surface area contributed by atoms with Gasteiger partial charge in [-0.05, 0) is 49.4 Å². The zero-order chi connectivity index (χ0) is 18.6. The van der Waals surface area contributed by atoms with E-state index in [9.17, 15) is 13.2 Å². The van der Waals surface area contributed by atoms with Crippen molar-refractivity contribution in [3.8, 4) is 0 Å². The minimum absolute atomic E-state index is 0.154. The van der Waals surface area contributed by atoms with Crippen LogP contribution < -0.4 is 0 Å². The molecule has 1 fully saturated rings. The van der Waals surface area contributed by atoms with Crippen molar-refractivity contribution in [2.24, 2.45) is 0 Å². The molecule has 1 aliphatic rings. The summed E-state index contributed by atoms with van der Waals surface area (Å²) in [7, 11) is -3.71. The van der Waals surface area contributed by atoms with Crippen molar-refractivity contribution in [2.45, 2.75) is 43.7 Å². The highest BCUT2D eigenvalue weighted by molar-refractivity contribution is 7.89. The summed E-state index contributed by atoms with van der Waals surface area (Å²) in [6.45, 7) is 2.44. The molecule has 0 amide bonds. The van der Waals surface area contributed by atoms with Gasteiger partial charge in [0.05, 0.1) is 4.90 Å². The molecule has 1 aliphatic heterocycles. The summed E-state index contributed by atoms with van der Waals surface area (Å²) in [6.07, 6.45) is 2.04. The molecule has 2 aromatic rings.